The molecule has 1 saturated heterocycles. The largest absolute Gasteiger partial charge is 0.496 e. The molecule has 194 valence electrons. The minimum atomic E-state index is -4.07. The van der Waals surface area contributed by atoms with Gasteiger partial charge in [-0.2, -0.15) is 8.78 Å². The van der Waals surface area contributed by atoms with E-state index in [1.807, 2.05) is 4.90 Å². The molecule has 4 rings (SSSR count). The minimum Gasteiger partial charge on any atom is -0.496 e. The molecule has 1 amide bonds. The number of alkyl halides is 4. The number of fused-ring (bicyclic) bond motifs is 1. The van der Waals surface area contributed by atoms with E-state index in [2.05, 4.69) is 5.32 Å². The van der Waals surface area contributed by atoms with Crippen molar-refractivity contribution >= 4 is 28.5 Å². The first-order valence-electron chi connectivity index (χ1n) is 11.3. The van der Waals surface area contributed by atoms with Crippen LogP contribution in [0.5, 0.6) is 5.75 Å². The van der Waals surface area contributed by atoms with Crippen molar-refractivity contribution in [1.29, 1.82) is 0 Å². The summed E-state index contributed by atoms with van der Waals surface area (Å²) in [6.45, 7) is 1.37. The van der Waals surface area contributed by atoms with Crippen LogP contribution in [-0.4, -0.2) is 48.7 Å². The Balaban J connectivity index is 1.61. The summed E-state index contributed by atoms with van der Waals surface area (Å²) in [7, 11) is 1.24. The Labute approximate surface area is 209 Å². The van der Waals surface area contributed by atoms with E-state index in [0.717, 1.165) is 25.0 Å². The van der Waals surface area contributed by atoms with Crippen molar-refractivity contribution in [3.63, 3.8) is 0 Å². The number of likely N-dealkylation sites (tertiary alicyclic amines) is 1. The number of amides is 1. The molecule has 0 spiro atoms. The SMILES string of the molecule is COc1ccc([C@H](O)[C@@H](CN2CCCC2)NC(=O)C(F)(F)c2cc3cc(Cl)ccc3o2)cc1C(F)F. The third-order valence-corrected chi connectivity index (χ3v) is 6.49. The molecule has 0 unspecified atom stereocenters. The van der Waals surface area contributed by atoms with E-state index in [1.54, 1.807) is 0 Å². The Hall–Kier alpha value is -2.82. The standard InChI is InChI=1S/C25H25ClF4N2O4/c1-35-20-6-4-14(11-17(20)23(27)28)22(33)18(13-32-8-2-3-9-32)31-24(34)25(29,30)21-12-15-10-16(26)5-7-19(15)36-21/h4-7,10-12,18,22-23,33H,2-3,8-9,13H2,1H3,(H,31,34)/t18-,22+/m1/s1. The average Bonchev–Trinajstić information content (AvgIpc) is 3.52. The fraction of sp³-hybridized carbons (Fsp3) is 0.400. The Bertz CT molecular complexity index is 1230. The number of carbonyl (C=O) groups excluding carboxylic acids is 1. The summed E-state index contributed by atoms with van der Waals surface area (Å²) in [6.07, 6.45) is -2.66. The van der Waals surface area contributed by atoms with Crippen molar-refractivity contribution < 1.29 is 36.6 Å². The lowest BCUT2D eigenvalue weighted by Gasteiger charge is -2.30. The third-order valence-electron chi connectivity index (χ3n) is 6.25. The van der Waals surface area contributed by atoms with E-state index in [9.17, 15) is 18.7 Å². The van der Waals surface area contributed by atoms with Gasteiger partial charge in [0.2, 0.25) is 0 Å². The molecule has 2 N–H and O–H groups in total. The van der Waals surface area contributed by atoms with Crippen molar-refractivity contribution in [3.8, 4) is 5.75 Å². The number of nitrogens with one attached hydrogen (secondary N) is 1. The Morgan fingerprint density at radius 2 is 1.92 bits per heavy atom. The van der Waals surface area contributed by atoms with Gasteiger partial charge in [0.1, 0.15) is 17.4 Å². The van der Waals surface area contributed by atoms with Gasteiger partial charge < -0.3 is 24.5 Å². The highest BCUT2D eigenvalue weighted by molar-refractivity contribution is 6.31. The zero-order chi connectivity index (χ0) is 26.0. The van der Waals surface area contributed by atoms with Crippen LogP contribution in [-0.2, 0) is 10.7 Å². The maximum absolute atomic E-state index is 15.1. The second kappa shape index (κ2) is 10.7. The number of halogens is 5. The van der Waals surface area contributed by atoms with E-state index in [-0.39, 0.29) is 23.4 Å². The quantitative estimate of drug-likeness (QED) is 0.362. The molecule has 0 bridgehead atoms. The van der Waals surface area contributed by atoms with Crippen molar-refractivity contribution in [3.05, 3.63) is 64.4 Å². The number of methoxy groups -OCH3 is 1. The molecule has 0 aliphatic carbocycles. The van der Waals surface area contributed by atoms with Crippen LogP contribution in [0.1, 0.15) is 42.3 Å². The van der Waals surface area contributed by atoms with Crippen LogP contribution in [0.4, 0.5) is 17.6 Å². The summed E-state index contributed by atoms with van der Waals surface area (Å²) in [4.78, 5) is 14.7. The van der Waals surface area contributed by atoms with Crippen molar-refractivity contribution in [2.45, 2.75) is 37.3 Å². The van der Waals surface area contributed by atoms with Crippen LogP contribution in [0, 0.1) is 0 Å². The molecule has 36 heavy (non-hydrogen) atoms. The number of furan rings is 1. The molecular weight excluding hydrogens is 504 g/mol. The first-order chi connectivity index (χ1) is 17.1. The Morgan fingerprint density at radius 3 is 2.58 bits per heavy atom. The number of carbonyl (C=O) groups is 1. The summed E-state index contributed by atoms with van der Waals surface area (Å²) in [5.74, 6) is -6.70. The highest BCUT2D eigenvalue weighted by atomic mass is 35.5. The molecule has 6 nitrogen and oxygen atoms in total. The normalized spacial score (nSPS) is 16.4. The number of aliphatic hydroxyl groups is 1. The highest BCUT2D eigenvalue weighted by Crippen LogP contribution is 2.36. The van der Waals surface area contributed by atoms with Crippen molar-refractivity contribution in [2.24, 2.45) is 0 Å². The molecule has 3 aromatic rings. The summed E-state index contributed by atoms with van der Waals surface area (Å²) >= 11 is 5.90. The van der Waals surface area contributed by atoms with Crippen LogP contribution in [0.15, 0.2) is 46.9 Å². The summed E-state index contributed by atoms with van der Waals surface area (Å²) in [5, 5.41) is 13.9. The van der Waals surface area contributed by atoms with E-state index in [1.165, 1.54) is 37.4 Å². The van der Waals surface area contributed by atoms with Crippen LogP contribution in [0.3, 0.4) is 0 Å². The summed E-state index contributed by atoms with van der Waals surface area (Å²) in [6, 6.07) is 7.83. The van der Waals surface area contributed by atoms with Crippen molar-refractivity contribution in [2.75, 3.05) is 26.7 Å². The van der Waals surface area contributed by atoms with Gasteiger partial charge in [0.25, 0.3) is 12.3 Å². The van der Waals surface area contributed by atoms with Gasteiger partial charge in [-0.15, -0.1) is 0 Å². The molecule has 2 heterocycles. The lowest BCUT2D eigenvalue weighted by Crippen LogP contribution is -2.50. The number of ether oxygens (including phenoxy) is 1. The van der Waals surface area contributed by atoms with E-state index >= 15 is 8.78 Å². The summed E-state index contributed by atoms with van der Waals surface area (Å²) < 4.78 is 67.4. The number of rotatable bonds is 9. The fourth-order valence-electron chi connectivity index (χ4n) is 4.35. The van der Waals surface area contributed by atoms with Crippen LogP contribution >= 0.6 is 11.6 Å². The van der Waals surface area contributed by atoms with Crippen molar-refractivity contribution in [1.82, 2.24) is 10.2 Å². The van der Waals surface area contributed by atoms with Gasteiger partial charge in [-0.3, -0.25) is 4.79 Å². The molecule has 2 aromatic carbocycles. The minimum absolute atomic E-state index is 0.0392. The topological polar surface area (TPSA) is 74.9 Å². The smallest absolute Gasteiger partial charge is 0.380 e. The maximum Gasteiger partial charge on any atom is 0.380 e. The number of aliphatic hydroxyl groups excluding tert-OH is 1. The number of benzene rings is 2. The molecule has 1 aliphatic heterocycles. The van der Waals surface area contributed by atoms with Gasteiger partial charge in [-0.05, 0) is 67.9 Å². The third kappa shape index (κ3) is 5.45. The second-order valence-electron chi connectivity index (χ2n) is 8.70. The molecule has 11 heteroatoms. The summed E-state index contributed by atoms with van der Waals surface area (Å²) in [5.41, 5.74) is -0.280. The Kier molecular flexibility index (Phi) is 7.77. The van der Waals surface area contributed by atoms with E-state index < -0.39 is 41.7 Å². The Morgan fingerprint density at radius 1 is 1.19 bits per heavy atom. The van der Waals surface area contributed by atoms with Gasteiger partial charge in [-0.1, -0.05) is 17.7 Å². The lowest BCUT2D eigenvalue weighted by atomic mass is 9.98. The van der Waals surface area contributed by atoms with E-state index in [0.29, 0.717) is 23.5 Å². The molecule has 2 atom stereocenters. The predicted molar refractivity (Wildman–Crippen MR) is 126 cm³/mol. The maximum atomic E-state index is 15.1. The first-order valence-corrected chi connectivity index (χ1v) is 11.7. The van der Waals surface area contributed by atoms with Crippen LogP contribution < -0.4 is 10.1 Å². The van der Waals surface area contributed by atoms with Gasteiger partial charge in [0, 0.05) is 17.0 Å². The monoisotopic (exact) mass is 528 g/mol. The second-order valence-corrected chi connectivity index (χ2v) is 9.14. The number of nitrogens with zero attached hydrogens (tertiary/aromatic N) is 1. The number of hydrogen-bond donors (Lipinski definition) is 2. The molecule has 1 fully saturated rings. The van der Waals surface area contributed by atoms with Gasteiger partial charge in [0.15, 0.2) is 5.76 Å². The van der Waals surface area contributed by atoms with Gasteiger partial charge >= 0.3 is 5.92 Å². The fourth-order valence-corrected chi connectivity index (χ4v) is 4.53. The van der Waals surface area contributed by atoms with Gasteiger partial charge in [0.05, 0.1) is 18.7 Å². The lowest BCUT2D eigenvalue weighted by molar-refractivity contribution is -0.151. The number of hydrogen-bond acceptors (Lipinski definition) is 5. The molecular formula is C25H25ClF4N2O4. The average molecular weight is 529 g/mol. The van der Waals surface area contributed by atoms with Gasteiger partial charge in [-0.25, -0.2) is 8.78 Å². The van der Waals surface area contributed by atoms with Crippen LogP contribution in [0.25, 0.3) is 11.0 Å². The zero-order valence-electron chi connectivity index (χ0n) is 19.3. The van der Waals surface area contributed by atoms with Crippen LogP contribution in [0.2, 0.25) is 5.02 Å². The molecule has 1 aliphatic rings. The zero-order valence-corrected chi connectivity index (χ0v) is 20.1. The van der Waals surface area contributed by atoms with E-state index in [4.69, 9.17) is 20.8 Å². The predicted octanol–water partition coefficient (Wildman–Crippen LogP) is 5.44. The molecule has 1 aromatic heterocycles. The first kappa shape index (κ1) is 26.2. The molecule has 0 saturated carbocycles. The molecule has 0 radical (unpaired) electrons. The highest BCUT2D eigenvalue weighted by Gasteiger charge is 2.46.